The summed E-state index contributed by atoms with van der Waals surface area (Å²) in [5.41, 5.74) is 1.65. The van der Waals surface area contributed by atoms with E-state index in [2.05, 4.69) is 21.2 Å². The second kappa shape index (κ2) is 7.64. The highest BCUT2D eigenvalue weighted by atomic mass is 79.9. The van der Waals surface area contributed by atoms with Crippen LogP contribution in [0.1, 0.15) is 18.6 Å². The fourth-order valence-corrected chi connectivity index (χ4v) is 2.85. The summed E-state index contributed by atoms with van der Waals surface area (Å²) in [7, 11) is 0. The molecule has 0 radical (unpaired) electrons. The Labute approximate surface area is 136 Å². The minimum Gasteiger partial charge on any atom is -0.389 e. The first-order valence-corrected chi connectivity index (χ1v) is 8.29. The third kappa shape index (κ3) is 5.19. The third-order valence-corrected chi connectivity index (χ3v) is 4.35. The van der Waals surface area contributed by atoms with Gasteiger partial charge in [-0.25, -0.2) is 0 Å². The van der Waals surface area contributed by atoms with Crippen molar-refractivity contribution >= 4 is 39.3 Å². The van der Waals surface area contributed by atoms with Crippen molar-refractivity contribution in [3.63, 3.8) is 0 Å². The fraction of sp³-hybridized carbons (Fsp3) is 0.188. The van der Waals surface area contributed by atoms with E-state index in [9.17, 15) is 9.90 Å². The number of halogens is 1. The molecule has 21 heavy (non-hydrogen) atoms. The summed E-state index contributed by atoms with van der Waals surface area (Å²) in [5, 5.41) is 12.3. The molecule has 110 valence electrons. The molecule has 0 heterocycles. The zero-order chi connectivity index (χ0) is 15.2. The van der Waals surface area contributed by atoms with E-state index in [1.165, 1.54) is 11.8 Å². The van der Waals surface area contributed by atoms with Crippen LogP contribution in [-0.2, 0) is 4.79 Å². The quantitative estimate of drug-likeness (QED) is 0.779. The van der Waals surface area contributed by atoms with Crippen LogP contribution in [0, 0.1) is 0 Å². The molecule has 2 aromatic rings. The van der Waals surface area contributed by atoms with Crippen LogP contribution in [0.3, 0.4) is 0 Å². The van der Waals surface area contributed by atoms with Crippen molar-refractivity contribution in [2.24, 2.45) is 0 Å². The van der Waals surface area contributed by atoms with Crippen LogP contribution in [0.25, 0.3) is 0 Å². The molecular formula is C16H16BrNO2S. The van der Waals surface area contributed by atoms with Crippen LogP contribution >= 0.6 is 27.7 Å². The average Bonchev–Trinajstić information content (AvgIpc) is 2.45. The second-order valence-electron chi connectivity index (χ2n) is 4.59. The Kier molecular flexibility index (Phi) is 5.85. The molecule has 2 aromatic carbocycles. The zero-order valence-corrected chi connectivity index (χ0v) is 13.9. The van der Waals surface area contributed by atoms with Gasteiger partial charge >= 0.3 is 0 Å². The SMILES string of the molecule is CC(O)c1ccc(SCC(=O)Nc2cccc(Br)c2)cc1. The van der Waals surface area contributed by atoms with Gasteiger partial charge < -0.3 is 10.4 Å². The second-order valence-corrected chi connectivity index (χ2v) is 6.56. The van der Waals surface area contributed by atoms with Gasteiger partial charge in [0.25, 0.3) is 0 Å². The van der Waals surface area contributed by atoms with Gasteiger partial charge in [-0.2, -0.15) is 0 Å². The van der Waals surface area contributed by atoms with Gasteiger partial charge in [-0.3, -0.25) is 4.79 Å². The van der Waals surface area contributed by atoms with E-state index in [-0.39, 0.29) is 5.91 Å². The van der Waals surface area contributed by atoms with Crippen LogP contribution < -0.4 is 5.32 Å². The van der Waals surface area contributed by atoms with Crippen molar-refractivity contribution in [2.75, 3.05) is 11.1 Å². The molecule has 5 heteroatoms. The molecule has 0 saturated carbocycles. The highest BCUT2D eigenvalue weighted by molar-refractivity contribution is 9.10. The lowest BCUT2D eigenvalue weighted by molar-refractivity contribution is -0.113. The summed E-state index contributed by atoms with van der Waals surface area (Å²) in [6, 6.07) is 15.1. The van der Waals surface area contributed by atoms with Gasteiger partial charge in [0.15, 0.2) is 0 Å². The van der Waals surface area contributed by atoms with E-state index in [1.54, 1.807) is 6.92 Å². The maximum Gasteiger partial charge on any atom is 0.234 e. The van der Waals surface area contributed by atoms with Crippen LogP contribution in [0.4, 0.5) is 5.69 Å². The van der Waals surface area contributed by atoms with Gasteiger partial charge in [-0.1, -0.05) is 34.1 Å². The Bertz CT molecular complexity index is 614. The van der Waals surface area contributed by atoms with E-state index in [4.69, 9.17) is 0 Å². The lowest BCUT2D eigenvalue weighted by atomic mass is 10.1. The molecule has 3 nitrogen and oxygen atoms in total. The fourth-order valence-electron chi connectivity index (χ4n) is 1.75. The highest BCUT2D eigenvalue weighted by Crippen LogP contribution is 2.21. The van der Waals surface area contributed by atoms with Gasteiger partial charge in [0.2, 0.25) is 5.91 Å². The molecule has 0 spiro atoms. The van der Waals surface area contributed by atoms with Crippen LogP contribution in [0.15, 0.2) is 57.9 Å². The lowest BCUT2D eigenvalue weighted by Gasteiger charge is -2.07. The Morgan fingerprint density at radius 3 is 2.62 bits per heavy atom. The number of aliphatic hydroxyl groups is 1. The normalized spacial score (nSPS) is 12.0. The first-order valence-electron chi connectivity index (χ1n) is 6.51. The molecule has 0 fully saturated rings. The summed E-state index contributed by atoms with van der Waals surface area (Å²) in [4.78, 5) is 12.9. The minimum absolute atomic E-state index is 0.0438. The Morgan fingerprint density at radius 1 is 1.29 bits per heavy atom. The molecule has 0 saturated heterocycles. The van der Waals surface area contributed by atoms with Crippen molar-refractivity contribution in [2.45, 2.75) is 17.9 Å². The van der Waals surface area contributed by atoms with E-state index in [1.807, 2.05) is 48.5 Å². The Balaban J connectivity index is 1.86. The molecule has 2 rings (SSSR count). The average molecular weight is 366 g/mol. The predicted octanol–water partition coefficient (Wildman–Crippen LogP) is 4.23. The number of aliphatic hydroxyl groups excluding tert-OH is 1. The van der Waals surface area contributed by atoms with Gasteiger partial charge in [0.05, 0.1) is 11.9 Å². The minimum atomic E-state index is -0.469. The number of carbonyl (C=O) groups excluding carboxylic acids is 1. The van der Waals surface area contributed by atoms with Crippen LogP contribution in [-0.4, -0.2) is 16.8 Å². The Morgan fingerprint density at radius 2 is 2.00 bits per heavy atom. The van der Waals surface area contributed by atoms with Crippen molar-refractivity contribution in [3.05, 3.63) is 58.6 Å². The first kappa shape index (κ1) is 16.1. The summed E-state index contributed by atoms with van der Waals surface area (Å²) in [5.74, 6) is 0.304. The van der Waals surface area contributed by atoms with Gasteiger partial charge in [0, 0.05) is 15.1 Å². The first-order chi connectivity index (χ1) is 10.0. The molecule has 1 amide bonds. The molecule has 0 bridgehead atoms. The number of rotatable bonds is 5. The van der Waals surface area contributed by atoms with Gasteiger partial charge in [-0.05, 0) is 42.8 Å². The molecule has 0 aromatic heterocycles. The lowest BCUT2D eigenvalue weighted by Crippen LogP contribution is -2.13. The molecule has 0 aliphatic carbocycles. The third-order valence-electron chi connectivity index (χ3n) is 2.84. The number of benzene rings is 2. The molecule has 2 N–H and O–H groups in total. The van der Waals surface area contributed by atoms with Crippen LogP contribution in [0.5, 0.6) is 0 Å². The van der Waals surface area contributed by atoms with Crippen LogP contribution in [0.2, 0.25) is 0 Å². The number of thioether (sulfide) groups is 1. The zero-order valence-electron chi connectivity index (χ0n) is 11.5. The maximum atomic E-state index is 11.9. The number of nitrogens with one attached hydrogen (secondary N) is 1. The predicted molar refractivity (Wildman–Crippen MR) is 90.6 cm³/mol. The van der Waals surface area contributed by atoms with E-state index in [0.29, 0.717) is 5.75 Å². The van der Waals surface area contributed by atoms with Crippen molar-refractivity contribution < 1.29 is 9.90 Å². The number of hydrogen-bond acceptors (Lipinski definition) is 3. The summed E-state index contributed by atoms with van der Waals surface area (Å²) < 4.78 is 0.932. The number of carbonyl (C=O) groups is 1. The van der Waals surface area contributed by atoms with Crippen molar-refractivity contribution in [3.8, 4) is 0 Å². The standard InChI is InChI=1S/C16H16BrNO2S/c1-11(19)12-5-7-15(8-6-12)21-10-16(20)18-14-4-2-3-13(17)9-14/h2-9,11,19H,10H2,1H3,(H,18,20). The smallest absolute Gasteiger partial charge is 0.234 e. The molecule has 1 unspecified atom stereocenters. The summed E-state index contributed by atoms with van der Waals surface area (Å²) in [6.07, 6.45) is -0.469. The maximum absolute atomic E-state index is 11.9. The number of hydrogen-bond donors (Lipinski definition) is 2. The van der Waals surface area contributed by atoms with Gasteiger partial charge in [0.1, 0.15) is 0 Å². The van der Waals surface area contributed by atoms with Crippen molar-refractivity contribution in [1.29, 1.82) is 0 Å². The highest BCUT2D eigenvalue weighted by Gasteiger charge is 2.05. The summed E-state index contributed by atoms with van der Waals surface area (Å²) in [6.45, 7) is 1.73. The largest absolute Gasteiger partial charge is 0.389 e. The monoisotopic (exact) mass is 365 g/mol. The van der Waals surface area contributed by atoms with E-state index >= 15 is 0 Å². The number of anilines is 1. The van der Waals surface area contributed by atoms with E-state index in [0.717, 1.165) is 20.6 Å². The molecule has 1 atom stereocenters. The number of amides is 1. The summed E-state index contributed by atoms with van der Waals surface area (Å²) >= 11 is 4.84. The Hall–Kier alpha value is -1.30. The van der Waals surface area contributed by atoms with Crippen molar-refractivity contribution in [1.82, 2.24) is 0 Å². The molecule has 0 aliphatic heterocycles. The van der Waals surface area contributed by atoms with E-state index < -0.39 is 6.10 Å². The molecular weight excluding hydrogens is 350 g/mol. The van der Waals surface area contributed by atoms with Gasteiger partial charge in [-0.15, -0.1) is 11.8 Å². The topological polar surface area (TPSA) is 49.3 Å². The molecule has 0 aliphatic rings.